The van der Waals surface area contributed by atoms with Gasteiger partial charge in [0.25, 0.3) is 0 Å². The van der Waals surface area contributed by atoms with Crippen LogP contribution in [-0.2, 0) is 29.0 Å². The summed E-state index contributed by atoms with van der Waals surface area (Å²) in [7, 11) is 0. The van der Waals surface area contributed by atoms with Gasteiger partial charge in [-0.25, -0.2) is 9.97 Å². The minimum atomic E-state index is -0.859. The summed E-state index contributed by atoms with van der Waals surface area (Å²) in [4.78, 5) is 19.1. The van der Waals surface area contributed by atoms with E-state index in [0.717, 1.165) is 11.3 Å². The number of hydrogen-bond donors (Lipinski definition) is 1. The van der Waals surface area contributed by atoms with Crippen LogP contribution in [-0.4, -0.2) is 27.7 Å². The SMILES string of the molecule is Cc1nc2c(c(CC(=O)O)n1)CCOC2. The summed E-state index contributed by atoms with van der Waals surface area (Å²) < 4.78 is 5.27. The Hall–Kier alpha value is -1.49. The molecule has 0 aliphatic carbocycles. The van der Waals surface area contributed by atoms with Gasteiger partial charge in [-0.15, -0.1) is 0 Å². The molecule has 1 aliphatic rings. The number of nitrogens with zero attached hydrogens (tertiary/aromatic N) is 2. The van der Waals surface area contributed by atoms with Crippen LogP contribution in [0.25, 0.3) is 0 Å². The van der Waals surface area contributed by atoms with Gasteiger partial charge in [0.1, 0.15) is 5.82 Å². The first-order chi connectivity index (χ1) is 7.16. The Balaban J connectivity index is 2.43. The third-order valence-electron chi connectivity index (χ3n) is 2.34. The van der Waals surface area contributed by atoms with Crippen molar-refractivity contribution in [1.82, 2.24) is 9.97 Å². The van der Waals surface area contributed by atoms with Crippen molar-refractivity contribution in [3.63, 3.8) is 0 Å². The number of carbonyl (C=O) groups is 1. The van der Waals surface area contributed by atoms with E-state index in [4.69, 9.17) is 9.84 Å². The first kappa shape index (κ1) is 10.0. The molecule has 5 heteroatoms. The molecule has 2 rings (SSSR count). The molecular formula is C10H12N2O3. The van der Waals surface area contributed by atoms with Crippen molar-refractivity contribution < 1.29 is 14.6 Å². The highest BCUT2D eigenvalue weighted by atomic mass is 16.5. The molecular weight excluding hydrogens is 196 g/mol. The zero-order valence-corrected chi connectivity index (χ0v) is 8.49. The Morgan fingerprint density at radius 2 is 2.33 bits per heavy atom. The Kier molecular flexibility index (Phi) is 2.64. The van der Waals surface area contributed by atoms with Crippen LogP contribution in [0.1, 0.15) is 22.8 Å². The second kappa shape index (κ2) is 3.94. The summed E-state index contributed by atoms with van der Waals surface area (Å²) in [6.45, 7) is 2.84. The first-order valence-corrected chi connectivity index (χ1v) is 4.81. The third-order valence-corrected chi connectivity index (χ3v) is 2.34. The van der Waals surface area contributed by atoms with E-state index in [-0.39, 0.29) is 6.42 Å². The normalized spacial score (nSPS) is 14.7. The molecule has 1 N–H and O–H groups in total. The maximum absolute atomic E-state index is 10.7. The molecule has 0 fully saturated rings. The van der Waals surface area contributed by atoms with E-state index in [1.807, 2.05) is 0 Å². The molecule has 0 spiro atoms. The lowest BCUT2D eigenvalue weighted by molar-refractivity contribution is -0.136. The van der Waals surface area contributed by atoms with Crippen LogP contribution in [0.15, 0.2) is 0 Å². The van der Waals surface area contributed by atoms with Crippen molar-refractivity contribution in [2.45, 2.75) is 26.4 Å². The average molecular weight is 208 g/mol. The number of carboxylic acids is 1. The lowest BCUT2D eigenvalue weighted by Crippen LogP contribution is -2.18. The number of aryl methyl sites for hydroxylation is 1. The Morgan fingerprint density at radius 1 is 1.53 bits per heavy atom. The molecule has 0 aromatic carbocycles. The number of aliphatic carboxylic acids is 1. The lowest BCUT2D eigenvalue weighted by Gasteiger charge is -2.18. The average Bonchev–Trinajstić information content (AvgIpc) is 2.16. The summed E-state index contributed by atoms with van der Waals surface area (Å²) in [5, 5.41) is 8.77. The van der Waals surface area contributed by atoms with Gasteiger partial charge < -0.3 is 9.84 Å². The highest BCUT2D eigenvalue weighted by molar-refractivity contribution is 5.70. The summed E-state index contributed by atoms with van der Waals surface area (Å²) >= 11 is 0. The summed E-state index contributed by atoms with van der Waals surface area (Å²) in [5.41, 5.74) is 2.42. The van der Waals surface area contributed by atoms with E-state index in [1.54, 1.807) is 6.92 Å². The fourth-order valence-corrected chi connectivity index (χ4v) is 1.76. The number of hydrogen-bond acceptors (Lipinski definition) is 4. The minimum Gasteiger partial charge on any atom is -0.481 e. The van der Waals surface area contributed by atoms with Crippen LogP contribution in [0.5, 0.6) is 0 Å². The number of rotatable bonds is 2. The fourth-order valence-electron chi connectivity index (χ4n) is 1.76. The molecule has 5 nitrogen and oxygen atoms in total. The van der Waals surface area contributed by atoms with Gasteiger partial charge in [0, 0.05) is 5.56 Å². The van der Waals surface area contributed by atoms with E-state index in [9.17, 15) is 4.79 Å². The third kappa shape index (κ3) is 2.12. The quantitative estimate of drug-likeness (QED) is 0.765. The largest absolute Gasteiger partial charge is 0.481 e. The van der Waals surface area contributed by atoms with Crippen LogP contribution in [0, 0.1) is 6.92 Å². The van der Waals surface area contributed by atoms with Gasteiger partial charge >= 0.3 is 5.97 Å². The molecule has 2 heterocycles. The van der Waals surface area contributed by atoms with Gasteiger partial charge in [-0.3, -0.25) is 4.79 Å². The second-order valence-electron chi connectivity index (χ2n) is 3.52. The van der Waals surface area contributed by atoms with Gasteiger partial charge in [0.15, 0.2) is 0 Å². The molecule has 1 aliphatic heterocycles. The van der Waals surface area contributed by atoms with Crippen molar-refractivity contribution in [2.75, 3.05) is 6.61 Å². The van der Waals surface area contributed by atoms with Crippen molar-refractivity contribution in [3.8, 4) is 0 Å². The highest BCUT2D eigenvalue weighted by Crippen LogP contribution is 2.18. The Morgan fingerprint density at radius 3 is 3.07 bits per heavy atom. The standard InChI is InChI=1S/C10H12N2O3/c1-6-11-8(4-10(13)14)7-2-3-15-5-9(7)12-6/h2-5H2,1H3,(H,13,14). The van der Waals surface area contributed by atoms with Gasteiger partial charge in [0.05, 0.1) is 31.0 Å². The molecule has 0 unspecified atom stereocenters. The zero-order chi connectivity index (χ0) is 10.8. The smallest absolute Gasteiger partial charge is 0.309 e. The van der Waals surface area contributed by atoms with Crippen molar-refractivity contribution in [1.29, 1.82) is 0 Å². The summed E-state index contributed by atoms with van der Waals surface area (Å²) in [6, 6.07) is 0. The predicted molar refractivity (Wildman–Crippen MR) is 51.5 cm³/mol. The molecule has 80 valence electrons. The van der Waals surface area contributed by atoms with Crippen molar-refractivity contribution in [2.24, 2.45) is 0 Å². The minimum absolute atomic E-state index is 0.0360. The Labute approximate surface area is 87.1 Å². The van der Waals surface area contributed by atoms with E-state index >= 15 is 0 Å². The molecule has 1 aromatic heterocycles. The monoisotopic (exact) mass is 208 g/mol. The topological polar surface area (TPSA) is 72.3 Å². The van der Waals surface area contributed by atoms with Crippen LogP contribution in [0.2, 0.25) is 0 Å². The maximum atomic E-state index is 10.7. The van der Waals surface area contributed by atoms with Crippen LogP contribution in [0.4, 0.5) is 0 Å². The molecule has 0 amide bonds. The number of aromatic nitrogens is 2. The van der Waals surface area contributed by atoms with Gasteiger partial charge in [0.2, 0.25) is 0 Å². The fraction of sp³-hybridized carbons (Fsp3) is 0.500. The van der Waals surface area contributed by atoms with Crippen molar-refractivity contribution in [3.05, 3.63) is 22.8 Å². The molecule has 0 saturated heterocycles. The number of ether oxygens (including phenoxy) is 1. The van der Waals surface area contributed by atoms with Crippen LogP contribution < -0.4 is 0 Å². The molecule has 15 heavy (non-hydrogen) atoms. The van der Waals surface area contributed by atoms with Gasteiger partial charge in [-0.2, -0.15) is 0 Å². The molecule has 0 radical (unpaired) electrons. The highest BCUT2D eigenvalue weighted by Gasteiger charge is 2.18. The molecule has 0 saturated carbocycles. The molecule has 1 aromatic rings. The second-order valence-corrected chi connectivity index (χ2v) is 3.52. The molecule has 0 bridgehead atoms. The zero-order valence-electron chi connectivity index (χ0n) is 8.49. The van der Waals surface area contributed by atoms with Gasteiger partial charge in [-0.1, -0.05) is 0 Å². The molecule has 0 atom stereocenters. The predicted octanol–water partition coefficient (Wildman–Crippen LogP) is 0.485. The van der Waals surface area contributed by atoms with E-state index in [2.05, 4.69) is 9.97 Å². The van der Waals surface area contributed by atoms with Gasteiger partial charge in [-0.05, 0) is 13.3 Å². The van der Waals surface area contributed by atoms with Crippen molar-refractivity contribution >= 4 is 5.97 Å². The summed E-state index contributed by atoms with van der Waals surface area (Å²) in [5.74, 6) is -0.253. The lowest BCUT2D eigenvalue weighted by atomic mass is 10.0. The summed E-state index contributed by atoms with van der Waals surface area (Å²) in [6.07, 6.45) is 0.671. The number of carboxylic acid groups (broad SMARTS) is 1. The Bertz CT molecular complexity index is 404. The van der Waals surface area contributed by atoms with E-state index in [1.165, 1.54) is 0 Å². The van der Waals surface area contributed by atoms with Crippen LogP contribution >= 0.6 is 0 Å². The van der Waals surface area contributed by atoms with E-state index in [0.29, 0.717) is 31.2 Å². The maximum Gasteiger partial charge on any atom is 0.309 e. The first-order valence-electron chi connectivity index (χ1n) is 4.81. The van der Waals surface area contributed by atoms with Crippen LogP contribution in [0.3, 0.4) is 0 Å². The van der Waals surface area contributed by atoms with E-state index < -0.39 is 5.97 Å². The number of fused-ring (bicyclic) bond motifs is 1.